The molecule has 3 aromatic rings. The monoisotopic (exact) mass is 378 g/mol. The molecule has 8 nitrogen and oxygen atoms in total. The first-order valence-electron chi connectivity index (χ1n) is 7.92. The quantitative estimate of drug-likeness (QED) is 0.699. The van der Waals surface area contributed by atoms with E-state index in [1.807, 2.05) is 0 Å². The number of nitrogens with zero attached hydrogens (tertiary/aromatic N) is 4. The maximum Gasteiger partial charge on any atom is 0.433 e. The highest BCUT2D eigenvalue weighted by Crippen LogP contribution is 2.29. The number of pyridine rings is 1. The van der Waals surface area contributed by atoms with E-state index in [1.165, 1.54) is 24.6 Å². The number of alkyl halides is 3. The summed E-state index contributed by atoms with van der Waals surface area (Å²) in [6.07, 6.45) is -1.74. The highest BCUT2D eigenvalue weighted by atomic mass is 19.4. The second-order valence-corrected chi connectivity index (χ2v) is 5.78. The molecule has 0 aromatic carbocycles. The Labute approximate surface area is 150 Å². The van der Waals surface area contributed by atoms with Gasteiger partial charge in [0.05, 0.1) is 25.5 Å². The number of hydrogen-bond acceptors (Lipinski definition) is 8. The summed E-state index contributed by atoms with van der Waals surface area (Å²) in [5, 5.41) is 9.69. The number of hydrogen-bond donors (Lipinski definition) is 2. The van der Waals surface area contributed by atoms with Gasteiger partial charge in [-0.25, -0.2) is 15.0 Å². The van der Waals surface area contributed by atoms with Crippen molar-refractivity contribution in [1.82, 2.24) is 20.1 Å². The van der Waals surface area contributed by atoms with E-state index < -0.39 is 11.9 Å². The summed E-state index contributed by atoms with van der Waals surface area (Å²) in [6.45, 7) is 1.05. The maximum absolute atomic E-state index is 13.0. The minimum atomic E-state index is -4.56. The minimum Gasteiger partial charge on any atom is -0.377 e. The molecule has 0 amide bonds. The van der Waals surface area contributed by atoms with Crippen molar-refractivity contribution in [2.24, 2.45) is 0 Å². The smallest absolute Gasteiger partial charge is 0.377 e. The molecule has 1 aliphatic rings. The highest BCUT2D eigenvalue weighted by molar-refractivity contribution is 5.63. The Balaban J connectivity index is 1.70. The van der Waals surface area contributed by atoms with Crippen molar-refractivity contribution in [2.75, 3.05) is 23.8 Å². The minimum absolute atomic E-state index is 0.00621. The Morgan fingerprint density at radius 1 is 1.07 bits per heavy atom. The van der Waals surface area contributed by atoms with Crippen LogP contribution in [0.1, 0.15) is 5.69 Å². The fourth-order valence-corrected chi connectivity index (χ4v) is 2.36. The van der Waals surface area contributed by atoms with Crippen molar-refractivity contribution in [1.29, 1.82) is 0 Å². The zero-order chi connectivity index (χ0) is 18.9. The molecule has 2 N–H and O–H groups in total. The van der Waals surface area contributed by atoms with Crippen molar-refractivity contribution in [3.63, 3.8) is 0 Å². The van der Waals surface area contributed by atoms with E-state index in [0.29, 0.717) is 30.5 Å². The molecule has 140 valence electrons. The molecule has 0 atom stereocenters. The van der Waals surface area contributed by atoms with Gasteiger partial charge in [0.25, 0.3) is 0 Å². The predicted octanol–water partition coefficient (Wildman–Crippen LogP) is 3.10. The van der Waals surface area contributed by atoms with E-state index >= 15 is 0 Å². The Morgan fingerprint density at radius 3 is 2.56 bits per heavy atom. The molecule has 11 heteroatoms. The van der Waals surface area contributed by atoms with Gasteiger partial charge in [0.15, 0.2) is 5.82 Å². The van der Waals surface area contributed by atoms with E-state index in [-0.39, 0.29) is 17.6 Å². The molecule has 0 unspecified atom stereocenters. The summed E-state index contributed by atoms with van der Waals surface area (Å²) in [5.41, 5.74) is -0.468. The molecule has 4 rings (SSSR count). The van der Waals surface area contributed by atoms with Gasteiger partial charge in [-0.05, 0) is 12.1 Å². The van der Waals surface area contributed by atoms with Crippen LogP contribution in [0.5, 0.6) is 0 Å². The molecule has 3 aromatic heterocycles. The maximum atomic E-state index is 13.0. The van der Waals surface area contributed by atoms with Crippen LogP contribution in [0.25, 0.3) is 11.5 Å². The van der Waals surface area contributed by atoms with E-state index in [0.717, 1.165) is 6.07 Å². The van der Waals surface area contributed by atoms with E-state index in [1.54, 1.807) is 6.07 Å². The molecule has 0 radical (unpaired) electrons. The summed E-state index contributed by atoms with van der Waals surface area (Å²) < 4.78 is 48.7. The normalized spacial score (nSPS) is 14.6. The molecule has 1 aliphatic heterocycles. The van der Waals surface area contributed by atoms with Crippen LogP contribution in [0.3, 0.4) is 0 Å². The molecular weight excluding hydrogens is 365 g/mol. The van der Waals surface area contributed by atoms with Crippen molar-refractivity contribution in [3.8, 4) is 11.5 Å². The number of rotatable bonds is 5. The summed E-state index contributed by atoms with van der Waals surface area (Å²) in [4.78, 5) is 12.2. The largest absolute Gasteiger partial charge is 0.433 e. The zero-order valence-corrected chi connectivity index (χ0v) is 13.7. The van der Waals surface area contributed by atoms with E-state index in [9.17, 15) is 13.2 Å². The summed E-state index contributed by atoms with van der Waals surface area (Å²) in [7, 11) is 0. The van der Waals surface area contributed by atoms with Gasteiger partial charge in [-0.1, -0.05) is 11.2 Å². The SMILES string of the molecule is FC(F)(F)c1cccc(-c2nc(Nc3cnoc3)cc(NC3COC3)n2)n1. The Kier molecular flexibility index (Phi) is 4.36. The highest BCUT2D eigenvalue weighted by Gasteiger charge is 2.32. The lowest BCUT2D eigenvalue weighted by Crippen LogP contribution is -2.40. The van der Waals surface area contributed by atoms with Crippen molar-refractivity contribution < 1.29 is 22.4 Å². The fourth-order valence-electron chi connectivity index (χ4n) is 2.36. The van der Waals surface area contributed by atoms with Gasteiger partial charge < -0.3 is 19.9 Å². The third kappa shape index (κ3) is 3.97. The zero-order valence-electron chi connectivity index (χ0n) is 13.7. The molecule has 27 heavy (non-hydrogen) atoms. The van der Waals surface area contributed by atoms with Gasteiger partial charge >= 0.3 is 6.18 Å². The van der Waals surface area contributed by atoms with Crippen LogP contribution < -0.4 is 10.6 Å². The molecule has 1 saturated heterocycles. The lowest BCUT2D eigenvalue weighted by molar-refractivity contribution is -0.141. The molecule has 0 spiro atoms. The number of halogens is 3. The lowest BCUT2D eigenvalue weighted by atomic mass is 10.2. The summed E-state index contributed by atoms with van der Waals surface area (Å²) in [5.74, 6) is 0.835. The molecule has 0 saturated carbocycles. The molecule has 0 aliphatic carbocycles. The summed E-state index contributed by atoms with van der Waals surface area (Å²) >= 11 is 0. The van der Waals surface area contributed by atoms with Crippen LogP contribution in [0, 0.1) is 0 Å². The predicted molar refractivity (Wildman–Crippen MR) is 88.3 cm³/mol. The average molecular weight is 378 g/mol. The van der Waals surface area contributed by atoms with E-state index in [4.69, 9.17) is 9.26 Å². The van der Waals surface area contributed by atoms with Gasteiger partial charge in [0, 0.05) is 6.07 Å². The molecule has 4 heterocycles. The van der Waals surface area contributed by atoms with Crippen LogP contribution >= 0.6 is 0 Å². The van der Waals surface area contributed by atoms with Gasteiger partial charge in [-0.15, -0.1) is 0 Å². The first-order valence-corrected chi connectivity index (χ1v) is 7.92. The van der Waals surface area contributed by atoms with Gasteiger partial charge in [0.1, 0.15) is 35.0 Å². The first kappa shape index (κ1) is 17.2. The first-order chi connectivity index (χ1) is 13.0. The number of nitrogens with one attached hydrogen (secondary N) is 2. The second-order valence-electron chi connectivity index (χ2n) is 5.78. The Morgan fingerprint density at radius 2 is 1.89 bits per heavy atom. The molecular formula is C16H13F3N6O2. The standard InChI is InChI=1S/C16H13F3N6O2/c17-16(18,19)12-3-1-2-11(23-12)15-24-13(21-9-5-20-27-8-9)4-14(25-15)22-10-6-26-7-10/h1-5,8,10H,6-7H2,(H2,21,22,24,25). The number of aromatic nitrogens is 4. The molecule has 1 fully saturated rings. The van der Waals surface area contributed by atoms with Crippen LogP contribution in [0.4, 0.5) is 30.5 Å². The lowest BCUT2D eigenvalue weighted by Gasteiger charge is -2.27. The van der Waals surface area contributed by atoms with Crippen LogP contribution in [0.2, 0.25) is 0 Å². The Hall–Kier alpha value is -3.21. The van der Waals surface area contributed by atoms with E-state index in [2.05, 4.69) is 30.7 Å². The van der Waals surface area contributed by atoms with Gasteiger partial charge in [-0.3, -0.25) is 0 Å². The van der Waals surface area contributed by atoms with Gasteiger partial charge in [0.2, 0.25) is 0 Å². The number of anilines is 3. The average Bonchev–Trinajstić information content (AvgIpc) is 3.10. The third-order valence-corrected chi connectivity index (χ3v) is 3.69. The van der Waals surface area contributed by atoms with Crippen molar-refractivity contribution in [3.05, 3.63) is 42.4 Å². The Bertz CT molecular complexity index is 928. The second kappa shape index (κ2) is 6.83. The molecule has 0 bridgehead atoms. The summed E-state index contributed by atoms with van der Waals surface area (Å²) in [6, 6.07) is 5.28. The topological polar surface area (TPSA) is 98.0 Å². The number of ether oxygens (including phenoxy) is 1. The van der Waals surface area contributed by atoms with Crippen LogP contribution in [0.15, 0.2) is 41.2 Å². The fraction of sp³-hybridized carbons (Fsp3) is 0.250. The van der Waals surface area contributed by atoms with Crippen LogP contribution in [-0.2, 0) is 10.9 Å². The van der Waals surface area contributed by atoms with Crippen LogP contribution in [-0.4, -0.2) is 39.4 Å². The van der Waals surface area contributed by atoms with Gasteiger partial charge in [-0.2, -0.15) is 13.2 Å². The van der Waals surface area contributed by atoms with Crippen molar-refractivity contribution >= 4 is 17.3 Å². The third-order valence-electron chi connectivity index (χ3n) is 3.69. The van der Waals surface area contributed by atoms with Crippen molar-refractivity contribution in [2.45, 2.75) is 12.2 Å².